The first-order chi connectivity index (χ1) is 10.9. The highest BCUT2D eigenvalue weighted by atomic mass is 79.9. The number of methoxy groups -OCH3 is 1. The molecule has 1 aromatic rings. The van der Waals surface area contributed by atoms with Gasteiger partial charge >= 0.3 is 5.97 Å². The van der Waals surface area contributed by atoms with Crippen LogP contribution in [0.5, 0.6) is 5.75 Å². The molecule has 6 nitrogen and oxygen atoms in total. The zero-order valence-corrected chi connectivity index (χ0v) is 14.7. The van der Waals surface area contributed by atoms with E-state index >= 15 is 0 Å². The van der Waals surface area contributed by atoms with Gasteiger partial charge in [0.25, 0.3) is 5.91 Å². The molecule has 126 valence electrons. The predicted octanol–water partition coefficient (Wildman–Crippen LogP) is 2.17. The van der Waals surface area contributed by atoms with Crippen LogP contribution in [0.25, 0.3) is 0 Å². The molecule has 0 bridgehead atoms. The Labute approximate surface area is 143 Å². The first-order valence-corrected chi connectivity index (χ1v) is 8.11. The van der Waals surface area contributed by atoms with Crippen LogP contribution in [-0.4, -0.2) is 54.8 Å². The highest BCUT2D eigenvalue weighted by Gasteiger charge is 2.47. The van der Waals surface area contributed by atoms with Gasteiger partial charge in [0.15, 0.2) is 6.10 Å². The number of hydrogen-bond acceptors (Lipinski definition) is 4. The number of para-hydroxylation sites is 1. The zero-order chi connectivity index (χ0) is 17.0. The van der Waals surface area contributed by atoms with Crippen molar-refractivity contribution in [3.05, 3.63) is 28.7 Å². The van der Waals surface area contributed by atoms with Crippen molar-refractivity contribution < 1.29 is 24.2 Å². The van der Waals surface area contributed by atoms with E-state index in [0.29, 0.717) is 18.7 Å². The number of likely N-dealkylation sites (tertiary alicyclic amines) is 1. The summed E-state index contributed by atoms with van der Waals surface area (Å²) in [5, 5.41) is 9.45. The van der Waals surface area contributed by atoms with Crippen LogP contribution in [0.2, 0.25) is 0 Å². The normalized spacial score (nSPS) is 22.0. The molecule has 2 unspecified atom stereocenters. The van der Waals surface area contributed by atoms with Crippen LogP contribution in [-0.2, 0) is 14.3 Å². The summed E-state index contributed by atoms with van der Waals surface area (Å²) in [4.78, 5) is 25.6. The van der Waals surface area contributed by atoms with E-state index in [0.717, 1.165) is 4.47 Å². The summed E-state index contributed by atoms with van der Waals surface area (Å²) in [5.74, 6) is -0.581. The zero-order valence-electron chi connectivity index (χ0n) is 13.1. The fourth-order valence-electron chi connectivity index (χ4n) is 2.73. The second kappa shape index (κ2) is 7.31. The number of ether oxygens (including phenoxy) is 2. The van der Waals surface area contributed by atoms with E-state index in [1.807, 2.05) is 18.2 Å². The second-order valence-electron chi connectivity index (χ2n) is 5.72. The Bertz CT molecular complexity index is 594. The monoisotopic (exact) mass is 385 g/mol. The van der Waals surface area contributed by atoms with Crippen molar-refractivity contribution in [2.45, 2.75) is 19.4 Å². The molecule has 7 heteroatoms. The highest BCUT2D eigenvalue weighted by Crippen LogP contribution is 2.32. The lowest BCUT2D eigenvalue weighted by atomic mass is 9.88. The number of carbonyl (C=O) groups is 2. The molecule has 0 aromatic heterocycles. The van der Waals surface area contributed by atoms with Crippen molar-refractivity contribution in [2.24, 2.45) is 5.41 Å². The Hall–Kier alpha value is -1.60. The molecule has 1 aromatic carbocycles. The number of carboxylic acids is 1. The van der Waals surface area contributed by atoms with Crippen LogP contribution in [0.15, 0.2) is 28.7 Å². The lowest BCUT2D eigenvalue weighted by Gasteiger charge is -2.25. The maximum atomic E-state index is 12.5. The van der Waals surface area contributed by atoms with Crippen molar-refractivity contribution in [2.75, 3.05) is 26.8 Å². The Morgan fingerprint density at radius 2 is 2.13 bits per heavy atom. The average Bonchev–Trinajstić information content (AvgIpc) is 2.95. The summed E-state index contributed by atoms with van der Waals surface area (Å²) in [7, 11) is 1.47. The van der Waals surface area contributed by atoms with Crippen molar-refractivity contribution in [1.82, 2.24) is 4.90 Å². The van der Waals surface area contributed by atoms with Gasteiger partial charge in [0.05, 0.1) is 11.1 Å². The van der Waals surface area contributed by atoms with Gasteiger partial charge in [-0.05, 0) is 41.4 Å². The number of aliphatic carboxylic acids is 1. The number of rotatable bonds is 6. The van der Waals surface area contributed by atoms with Gasteiger partial charge in [-0.1, -0.05) is 12.1 Å². The summed E-state index contributed by atoms with van der Waals surface area (Å²) >= 11 is 3.37. The highest BCUT2D eigenvalue weighted by molar-refractivity contribution is 9.10. The first kappa shape index (κ1) is 17.7. The molecule has 1 aliphatic heterocycles. The second-order valence-corrected chi connectivity index (χ2v) is 6.57. The number of benzene rings is 1. The quantitative estimate of drug-likeness (QED) is 0.811. The molecule has 1 aliphatic rings. The average molecular weight is 386 g/mol. The van der Waals surface area contributed by atoms with Crippen molar-refractivity contribution in [1.29, 1.82) is 0 Å². The maximum absolute atomic E-state index is 12.5. The van der Waals surface area contributed by atoms with Gasteiger partial charge in [-0.2, -0.15) is 0 Å². The number of carbonyl (C=O) groups excluding carboxylic acids is 1. The van der Waals surface area contributed by atoms with E-state index in [-0.39, 0.29) is 19.1 Å². The minimum absolute atomic E-state index is 0.0889. The number of halogens is 1. The van der Waals surface area contributed by atoms with Crippen LogP contribution in [0.4, 0.5) is 0 Å². The van der Waals surface area contributed by atoms with Gasteiger partial charge in [0.2, 0.25) is 0 Å². The van der Waals surface area contributed by atoms with E-state index in [1.165, 1.54) is 12.0 Å². The number of nitrogens with zero attached hydrogens (tertiary/aromatic N) is 1. The van der Waals surface area contributed by atoms with E-state index in [9.17, 15) is 14.7 Å². The van der Waals surface area contributed by atoms with Crippen LogP contribution in [0.1, 0.15) is 13.3 Å². The molecule has 0 aliphatic carbocycles. The Morgan fingerprint density at radius 1 is 1.43 bits per heavy atom. The lowest BCUT2D eigenvalue weighted by molar-refractivity contribution is -0.152. The predicted molar refractivity (Wildman–Crippen MR) is 87.4 cm³/mol. The van der Waals surface area contributed by atoms with Gasteiger partial charge < -0.3 is 19.5 Å². The van der Waals surface area contributed by atoms with Crippen LogP contribution < -0.4 is 4.74 Å². The number of hydrogen-bond donors (Lipinski definition) is 1. The molecular weight excluding hydrogens is 366 g/mol. The minimum atomic E-state index is -1.03. The van der Waals surface area contributed by atoms with Gasteiger partial charge in [-0.15, -0.1) is 0 Å². The molecule has 1 heterocycles. The summed E-state index contributed by atoms with van der Waals surface area (Å²) in [6.45, 7) is 2.28. The van der Waals surface area contributed by atoms with Crippen molar-refractivity contribution in [3.8, 4) is 5.75 Å². The fourth-order valence-corrected chi connectivity index (χ4v) is 3.11. The van der Waals surface area contributed by atoms with Crippen molar-refractivity contribution >= 4 is 27.8 Å². The van der Waals surface area contributed by atoms with E-state index in [1.54, 1.807) is 13.0 Å². The topological polar surface area (TPSA) is 76.1 Å². The largest absolute Gasteiger partial charge is 0.481 e. The van der Waals surface area contributed by atoms with E-state index in [4.69, 9.17) is 9.47 Å². The van der Waals surface area contributed by atoms with E-state index < -0.39 is 17.5 Å². The fraction of sp³-hybridized carbons (Fsp3) is 0.500. The van der Waals surface area contributed by atoms with Gasteiger partial charge in [0, 0.05) is 20.2 Å². The molecule has 0 radical (unpaired) electrons. The Balaban J connectivity index is 2.03. The molecule has 1 fully saturated rings. The number of carboxylic acid groups (broad SMARTS) is 1. The molecule has 1 amide bonds. The third-order valence-corrected chi connectivity index (χ3v) is 4.68. The molecule has 1 saturated heterocycles. The molecule has 23 heavy (non-hydrogen) atoms. The number of amides is 1. The van der Waals surface area contributed by atoms with Gasteiger partial charge in [-0.25, -0.2) is 0 Å². The Morgan fingerprint density at radius 3 is 2.74 bits per heavy atom. The molecule has 0 saturated carbocycles. The SMILES string of the molecule is COCC1(C(=O)O)CCN(C(=O)C(C)Oc2ccccc2Br)C1. The summed E-state index contributed by atoms with van der Waals surface area (Å²) in [6, 6.07) is 7.28. The smallest absolute Gasteiger partial charge is 0.313 e. The molecule has 2 atom stereocenters. The lowest BCUT2D eigenvalue weighted by Crippen LogP contribution is -2.43. The standard InChI is InChI=1S/C16H20BrNO5/c1-11(23-13-6-4-3-5-12(13)17)14(19)18-8-7-16(9-18,10-22-2)15(20)21/h3-6,11H,7-10H2,1-2H3,(H,20,21). The third kappa shape index (κ3) is 3.84. The van der Waals surface area contributed by atoms with E-state index in [2.05, 4.69) is 15.9 Å². The van der Waals surface area contributed by atoms with Gasteiger partial charge in [-0.3, -0.25) is 9.59 Å². The molecule has 2 rings (SSSR count). The third-order valence-electron chi connectivity index (χ3n) is 4.03. The summed E-state index contributed by atoms with van der Waals surface area (Å²) in [6.07, 6.45) is -0.315. The Kier molecular flexibility index (Phi) is 5.64. The maximum Gasteiger partial charge on any atom is 0.313 e. The summed E-state index contributed by atoms with van der Waals surface area (Å²) in [5.41, 5.74) is -1.03. The summed E-state index contributed by atoms with van der Waals surface area (Å²) < 4.78 is 11.5. The molecule has 0 spiro atoms. The van der Waals surface area contributed by atoms with Crippen LogP contribution in [0.3, 0.4) is 0 Å². The van der Waals surface area contributed by atoms with Gasteiger partial charge in [0.1, 0.15) is 11.2 Å². The minimum Gasteiger partial charge on any atom is -0.481 e. The molecular formula is C16H20BrNO5. The van der Waals surface area contributed by atoms with Crippen molar-refractivity contribution in [3.63, 3.8) is 0 Å². The molecule has 1 N–H and O–H groups in total. The van der Waals surface area contributed by atoms with Crippen LogP contribution >= 0.6 is 15.9 Å². The van der Waals surface area contributed by atoms with Crippen LogP contribution in [0, 0.1) is 5.41 Å². The first-order valence-electron chi connectivity index (χ1n) is 7.32.